The van der Waals surface area contributed by atoms with E-state index in [1.807, 2.05) is 0 Å². The van der Waals surface area contributed by atoms with Crippen molar-refractivity contribution in [3.05, 3.63) is 35.4 Å². The lowest BCUT2D eigenvalue weighted by Gasteiger charge is -1.91. The predicted molar refractivity (Wildman–Crippen MR) is 50.2 cm³/mol. The van der Waals surface area contributed by atoms with E-state index in [0.717, 1.165) is 0 Å². The van der Waals surface area contributed by atoms with Crippen molar-refractivity contribution in [3.63, 3.8) is 0 Å². The number of hydrogen-bond acceptors (Lipinski definition) is 3. The van der Waals surface area contributed by atoms with Crippen molar-refractivity contribution < 1.29 is 14.3 Å². The van der Waals surface area contributed by atoms with Gasteiger partial charge in [-0.1, -0.05) is 24.3 Å². The molecule has 13 heavy (non-hydrogen) atoms. The van der Waals surface area contributed by atoms with E-state index >= 15 is 0 Å². The third-order valence-electron chi connectivity index (χ3n) is 1.25. The van der Waals surface area contributed by atoms with E-state index in [2.05, 4.69) is 4.74 Å². The molecule has 0 atom stereocenters. The van der Waals surface area contributed by atoms with E-state index in [9.17, 15) is 9.59 Å². The molecular weight excluding hydrogens is 168 g/mol. The average molecular weight is 180 g/mol. The van der Waals surface area contributed by atoms with E-state index in [4.69, 9.17) is 0 Å². The second kappa shape index (κ2) is 7.18. The van der Waals surface area contributed by atoms with E-state index in [1.165, 1.54) is 0 Å². The standard InChI is InChI=1S/C8H6O2.C2H6O/c9-5-7-3-1-2-4-8(7)6-10;1-3-2/h1-6H;1-2H3. The normalized spacial score (nSPS) is 8.15. The van der Waals surface area contributed by atoms with Crippen LogP contribution in [0.5, 0.6) is 0 Å². The fourth-order valence-corrected chi connectivity index (χ4v) is 0.726. The molecule has 0 radical (unpaired) electrons. The zero-order valence-corrected chi connectivity index (χ0v) is 7.69. The minimum Gasteiger partial charge on any atom is -0.388 e. The van der Waals surface area contributed by atoms with Crippen molar-refractivity contribution in [3.8, 4) is 0 Å². The number of carbonyl (C=O) groups excluding carboxylic acids is 2. The Balaban J connectivity index is 0.000000424. The maximum absolute atomic E-state index is 10.2. The first-order valence-corrected chi connectivity index (χ1v) is 3.69. The fraction of sp³-hybridized carbons (Fsp3) is 0.200. The summed E-state index contributed by atoms with van der Waals surface area (Å²) in [5, 5.41) is 0. The monoisotopic (exact) mass is 180 g/mol. The van der Waals surface area contributed by atoms with Crippen LogP contribution in [-0.2, 0) is 4.74 Å². The zero-order chi connectivity index (χ0) is 10.1. The van der Waals surface area contributed by atoms with Crippen LogP contribution < -0.4 is 0 Å². The number of ether oxygens (including phenoxy) is 1. The molecule has 3 nitrogen and oxygen atoms in total. The number of aldehydes is 2. The molecule has 0 heterocycles. The van der Waals surface area contributed by atoms with Crippen LogP contribution in [0, 0.1) is 0 Å². The van der Waals surface area contributed by atoms with Gasteiger partial charge in [0.25, 0.3) is 0 Å². The first-order chi connectivity index (χ1) is 6.29. The molecule has 0 amide bonds. The molecule has 1 rings (SSSR count). The minimum atomic E-state index is 0.442. The minimum absolute atomic E-state index is 0.442. The summed E-state index contributed by atoms with van der Waals surface area (Å²) in [4.78, 5) is 20.5. The quantitative estimate of drug-likeness (QED) is 0.649. The summed E-state index contributed by atoms with van der Waals surface area (Å²) in [5.41, 5.74) is 0.884. The molecule has 0 bridgehead atoms. The van der Waals surface area contributed by atoms with E-state index in [1.54, 1.807) is 38.5 Å². The number of rotatable bonds is 2. The molecular formula is C10H12O3. The van der Waals surface area contributed by atoms with Crippen LogP contribution in [0.25, 0.3) is 0 Å². The number of carbonyl (C=O) groups is 2. The van der Waals surface area contributed by atoms with Gasteiger partial charge in [-0.15, -0.1) is 0 Å². The number of hydrogen-bond donors (Lipinski definition) is 0. The molecule has 0 aliphatic heterocycles. The van der Waals surface area contributed by atoms with E-state index in [0.29, 0.717) is 23.7 Å². The van der Waals surface area contributed by atoms with Crippen molar-refractivity contribution >= 4 is 12.6 Å². The molecule has 0 fully saturated rings. The first kappa shape index (κ1) is 11.5. The Kier molecular flexibility index (Phi) is 6.37. The van der Waals surface area contributed by atoms with Crippen LogP contribution in [-0.4, -0.2) is 26.8 Å². The van der Waals surface area contributed by atoms with Gasteiger partial charge in [-0.25, -0.2) is 0 Å². The largest absolute Gasteiger partial charge is 0.388 e. The Morgan fingerprint density at radius 2 is 1.31 bits per heavy atom. The maximum Gasteiger partial charge on any atom is 0.150 e. The molecule has 1 aromatic rings. The number of methoxy groups -OCH3 is 1. The molecule has 70 valence electrons. The van der Waals surface area contributed by atoms with Crippen molar-refractivity contribution in [2.75, 3.05) is 14.2 Å². The topological polar surface area (TPSA) is 43.4 Å². The van der Waals surface area contributed by atoms with Gasteiger partial charge in [0.15, 0.2) is 12.6 Å². The second-order valence-corrected chi connectivity index (χ2v) is 2.27. The van der Waals surface area contributed by atoms with Crippen LogP contribution in [0.15, 0.2) is 24.3 Å². The third-order valence-corrected chi connectivity index (χ3v) is 1.25. The van der Waals surface area contributed by atoms with Gasteiger partial charge < -0.3 is 4.74 Å². The molecule has 0 saturated carbocycles. The van der Waals surface area contributed by atoms with Gasteiger partial charge in [-0.3, -0.25) is 9.59 Å². The molecule has 0 aromatic heterocycles. The SMILES string of the molecule is COC.O=Cc1ccccc1C=O. The fourth-order valence-electron chi connectivity index (χ4n) is 0.726. The van der Waals surface area contributed by atoms with E-state index < -0.39 is 0 Å². The second-order valence-electron chi connectivity index (χ2n) is 2.27. The van der Waals surface area contributed by atoms with Crippen LogP contribution >= 0.6 is 0 Å². The van der Waals surface area contributed by atoms with Gasteiger partial charge in [-0.2, -0.15) is 0 Å². The highest BCUT2D eigenvalue weighted by Gasteiger charge is 1.95. The van der Waals surface area contributed by atoms with Crippen molar-refractivity contribution in [1.29, 1.82) is 0 Å². The lowest BCUT2D eigenvalue weighted by atomic mass is 10.1. The Hall–Kier alpha value is -1.48. The lowest BCUT2D eigenvalue weighted by Crippen LogP contribution is -1.87. The Morgan fingerprint density at radius 3 is 1.54 bits per heavy atom. The van der Waals surface area contributed by atoms with Crippen molar-refractivity contribution in [2.45, 2.75) is 0 Å². The summed E-state index contributed by atoms with van der Waals surface area (Å²) < 4.78 is 4.25. The smallest absolute Gasteiger partial charge is 0.150 e. The molecule has 0 saturated heterocycles. The molecule has 0 spiro atoms. The molecule has 0 N–H and O–H groups in total. The van der Waals surface area contributed by atoms with Crippen LogP contribution in [0.4, 0.5) is 0 Å². The highest BCUT2D eigenvalue weighted by Crippen LogP contribution is 2.01. The lowest BCUT2D eigenvalue weighted by molar-refractivity contribution is 0.109. The summed E-state index contributed by atoms with van der Waals surface area (Å²) in [6.07, 6.45) is 1.34. The Bertz CT molecular complexity index is 242. The maximum atomic E-state index is 10.2. The molecule has 0 unspecified atom stereocenters. The molecule has 3 heteroatoms. The van der Waals surface area contributed by atoms with Gasteiger partial charge in [0, 0.05) is 25.3 Å². The summed E-state index contributed by atoms with van der Waals surface area (Å²) in [6.45, 7) is 0. The third kappa shape index (κ3) is 4.18. The highest BCUT2D eigenvalue weighted by atomic mass is 16.4. The average Bonchev–Trinajstić information content (AvgIpc) is 2.19. The van der Waals surface area contributed by atoms with Crippen LogP contribution in [0.1, 0.15) is 20.7 Å². The summed E-state index contributed by atoms with van der Waals surface area (Å²) in [5.74, 6) is 0. The number of benzene rings is 1. The first-order valence-electron chi connectivity index (χ1n) is 3.69. The zero-order valence-electron chi connectivity index (χ0n) is 7.69. The van der Waals surface area contributed by atoms with Crippen LogP contribution in [0.3, 0.4) is 0 Å². The van der Waals surface area contributed by atoms with E-state index in [-0.39, 0.29) is 0 Å². The summed E-state index contributed by atoms with van der Waals surface area (Å²) in [7, 11) is 3.25. The molecule has 0 aliphatic rings. The highest BCUT2D eigenvalue weighted by molar-refractivity contribution is 5.89. The Morgan fingerprint density at radius 1 is 1.00 bits per heavy atom. The van der Waals surface area contributed by atoms with Gasteiger partial charge in [-0.05, 0) is 0 Å². The predicted octanol–water partition coefficient (Wildman–Crippen LogP) is 1.57. The van der Waals surface area contributed by atoms with Gasteiger partial charge in [0.2, 0.25) is 0 Å². The van der Waals surface area contributed by atoms with Crippen LogP contribution in [0.2, 0.25) is 0 Å². The summed E-state index contributed by atoms with van der Waals surface area (Å²) in [6, 6.07) is 6.65. The van der Waals surface area contributed by atoms with Gasteiger partial charge in [0.05, 0.1) is 0 Å². The summed E-state index contributed by atoms with van der Waals surface area (Å²) >= 11 is 0. The van der Waals surface area contributed by atoms with Gasteiger partial charge in [0.1, 0.15) is 0 Å². The van der Waals surface area contributed by atoms with Crippen molar-refractivity contribution in [2.24, 2.45) is 0 Å². The van der Waals surface area contributed by atoms with Gasteiger partial charge >= 0.3 is 0 Å². The Labute approximate surface area is 77.3 Å². The van der Waals surface area contributed by atoms with Crippen molar-refractivity contribution in [1.82, 2.24) is 0 Å². The molecule has 0 aliphatic carbocycles. The molecule has 1 aromatic carbocycles.